The molecular formula is C17H16BrN3O2. The van der Waals surface area contributed by atoms with Gasteiger partial charge in [-0.3, -0.25) is 14.6 Å². The van der Waals surface area contributed by atoms with E-state index >= 15 is 0 Å². The molecule has 1 aliphatic carbocycles. The van der Waals surface area contributed by atoms with Crippen molar-refractivity contribution in [2.45, 2.75) is 13.0 Å². The van der Waals surface area contributed by atoms with Crippen LogP contribution >= 0.6 is 15.9 Å². The molecule has 23 heavy (non-hydrogen) atoms. The highest BCUT2D eigenvalue weighted by molar-refractivity contribution is 9.10. The third-order valence-corrected chi connectivity index (χ3v) is 4.46. The fourth-order valence-corrected chi connectivity index (χ4v) is 2.76. The van der Waals surface area contributed by atoms with Gasteiger partial charge in [0.2, 0.25) is 11.8 Å². The minimum Gasteiger partial charge on any atom is -0.350 e. The van der Waals surface area contributed by atoms with E-state index < -0.39 is 0 Å². The number of pyridine rings is 1. The van der Waals surface area contributed by atoms with E-state index in [-0.39, 0.29) is 23.7 Å². The normalized spacial score (nSPS) is 19.0. The van der Waals surface area contributed by atoms with Crippen LogP contribution in [0.15, 0.2) is 53.1 Å². The van der Waals surface area contributed by atoms with Crippen LogP contribution in [0.2, 0.25) is 0 Å². The van der Waals surface area contributed by atoms with Gasteiger partial charge in [0, 0.05) is 10.7 Å². The fourth-order valence-electron chi connectivity index (χ4n) is 2.37. The van der Waals surface area contributed by atoms with E-state index in [0.717, 1.165) is 15.9 Å². The highest BCUT2D eigenvalue weighted by Gasteiger charge is 2.48. The summed E-state index contributed by atoms with van der Waals surface area (Å²) in [4.78, 5) is 28.4. The lowest BCUT2D eigenvalue weighted by Crippen LogP contribution is -2.27. The predicted molar refractivity (Wildman–Crippen MR) is 90.5 cm³/mol. The molecule has 1 fully saturated rings. The Balaban J connectivity index is 1.49. The topological polar surface area (TPSA) is 71.1 Å². The molecule has 2 aromatic rings. The number of aromatic nitrogens is 1. The van der Waals surface area contributed by atoms with Gasteiger partial charge in [-0.2, -0.15) is 0 Å². The Morgan fingerprint density at radius 1 is 1.09 bits per heavy atom. The summed E-state index contributed by atoms with van der Waals surface area (Å²) in [6, 6.07) is 13.0. The van der Waals surface area contributed by atoms with Crippen molar-refractivity contribution >= 4 is 33.4 Å². The molecule has 118 valence electrons. The van der Waals surface area contributed by atoms with Crippen molar-refractivity contribution in [3.05, 3.63) is 58.8 Å². The molecule has 0 aliphatic heterocycles. The van der Waals surface area contributed by atoms with Crippen LogP contribution in [0, 0.1) is 11.8 Å². The number of carbonyl (C=O) groups excluding carboxylic acids is 2. The van der Waals surface area contributed by atoms with Crippen molar-refractivity contribution in [1.82, 2.24) is 10.3 Å². The van der Waals surface area contributed by atoms with Crippen molar-refractivity contribution in [3.8, 4) is 0 Å². The number of nitrogens with zero attached hydrogens (tertiary/aromatic N) is 1. The Labute approximate surface area is 142 Å². The molecule has 5 nitrogen and oxygen atoms in total. The second-order valence-corrected chi connectivity index (χ2v) is 6.31. The van der Waals surface area contributed by atoms with Gasteiger partial charge in [0.05, 0.1) is 29.8 Å². The van der Waals surface area contributed by atoms with Crippen LogP contribution in [0.25, 0.3) is 0 Å². The number of nitrogens with one attached hydrogen (secondary N) is 2. The molecule has 0 saturated heterocycles. The standard InChI is InChI=1S/C17H16BrN3O2/c18-14-6-1-2-7-15(14)21-17(23)13-9-12(13)16(22)20-10-11-5-3-4-8-19-11/h1-8,12-13H,9-10H2,(H,20,22)(H,21,23). The van der Waals surface area contributed by atoms with Crippen LogP contribution in [0.3, 0.4) is 0 Å². The molecule has 2 amide bonds. The first-order valence-electron chi connectivity index (χ1n) is 7.38. The first kappa shape index (κ1) is 15.7. The van der Waals surface area contributed by atoms with Gasteiger partial charge in [0.25, 0.3) is 0 Å². The summed E-state index contributed by atoms with van der Waals surface area (Å²) in [6.07, 6.45) is 2.27. The third-order valence-electron chi connectivity index (χ3n) is 3.77. The van der Waals surface area contributed by atoms with Gasteiger partial charge in [-0.05, 0) is 46.6 Å². The molecule has 1 aliphatic rings. The molecule has 0 spiro atoms. The molecular weight excluding hydrogens is 358 g/mol. The molecule has 1 aromatic carbocycles. The zero-order chi connectivity index (χ0) is 16.2. The molecule has 6 heteroatoms. The fraction of sp³-hybridized carbons (Fsp3) is 0.235. The van der Waals surface area contributed by atoms with E-state index in [1.54, 1.807) is 6.20 Å². The van der Waals surface area contributed by atoms with Crippen molar-refractivity contribution in [2.24, 2.45) is 11.8 Å². The molecule has 3 rings (SSSR count). The Bertz CT molecular complexity index is 721. The summed E-state index contributed by atoms with van der Waals surface area (Å²) >= 11 is 3.39. The average molecular weight is 374 g/mol. The second kappa shape index (κ2) is 6.91. The Morgan fingerprint density at radius 3 is 2.57 bits per heavy atom. The van der Waals surface area contributed by atoms with Gasteiger partial charge in [-0.1, -0.05) is 18.2 Å². The summed E-state index contributed by atoms with van der Waals surface area (Å²) < 4.78 is 0.824. The maximum absolute atomic E-state index is 12.2. The number of hydrogen-bond acceptors (Lipinski definition) is 3. The Morgan fingerprint density at radius 2 is 1.83 bits per heavy atom. The summed E-state index contributed by atoms with van der Waals surface area (Å²) in [5.41, 5.74) is 1.52. The predicted octanol–water partition coefficient (Wildman–Crippen LogP) is 2.74. The zero-order valence-corrected chi connectivity index (χ0v) is 13.9. The second-order valence-electron chi connectivity index (χ2n) is 5.46. The largest absolute Gasteiger partial charge is 0.350 e. The molecule has 2 N–H and O–H groups in total. The number of hydrogen-bond donors (Lipinski definition) is 2. The maximum atomic E-state index is 12.2. The van der Waals surface area contributed by atoms with Gasteiger partial charge in [-0.25, -0.2) is 0 Å². The quantitative estimate of drug-likeness (QED) is 0.846. The lowest BCUT2D eigenvalue weighted by molar-refractivity contribution is -0.125. The van der Waals surface area contributed by atoms with Gasteiger partial charge in [-0.15, -0.1) is 0 Å². The smallest absolute Gasteiger partial charge is 0.228 e. The number of halogens is 1. The number of para-hydroxylation sites is 1. The van der Waals surface area contributed by atoms with Crippen molar-refractivity contribution in [2.75, 3.05) is 5.32 Å². The van der Waals surface area contributed by atoms with Gasteiger partial charge >= 0.3 is 0 Å². The molecule has 2 atom stereocenters. The van der Waals surface area contributed by atoms with Gasteiger partial charge in [0.15, 0.2) is 0 Å². The number of carbonyl (C=O) groups is 2. The van der Waals surface area contributed by atoms with E-state index in [0.29, 0.717) is 13.0 Å². The van der Waals surface area contributed by atoms with E-state index in [2.05, 4.69) is 31.5 Å². The summed E-state index contributed by atoms with van der Waals surface area (Å²) in [5.74, 6) is -0.718. The molecule has 0 bridgehead atoms. The van der Waals surface area contributed by atoms with Crippen molar-refractivity contribution < 1.29 is 9.59 Å². The number of rotatable bonds is 5. The van der Waals surface area contributed by atoms with Crippen molar-refractivity contribution in [1.29, 1.82) is 0 Å². The van der Waals surface area contributed by atoms with E-state index in [9.17, 15) is 9.59 Å². The zero-order valence-electron chi connectivity index (χ0n) is 12.3. The van der Waals surface area contributed by atoms with Crippen LogP contribution < -0.4 is 10.6 Å². The van der Waals surface area contributed by atoms with Crippen LogP contribution in [-0.4, -0.2) is 16.8 Å². The lowest BCUT2D eigenvalue weighted by Gasteiger charge is -2.07. The highest BCUT2D eigenvalue weighted by Crippen LogP contribution is 2.40. The Hall–Kier alpha value is -2.21. The average Bonchev–Trinajstić information content (AvgIpc) is 3.36. The molecule has 1 aromatic heterocycles. The van der Waals surface area contributed by atoms with E-state index in [4.69, 9.17) is 0 Å². The third kappa shape index (κ3) is 3.96. The molecule has 0 radical (unpaired) electrons. The summed E-state index contributed by atoms with van der Waals surface area (Å²) in [6.45, 7) is 0.384. The van der Waals surface area contributed by atoms with E-state index in [1.165, 1.54) is 0 Å². The number of anilines is 1. The first-order valence-corrected chi connectivity index (χ1v) is 8.17. The molecule has 1 saturated carbocycles. The minimum absolute atomic E-state index is 0.0945. The van der Waals surface area contributed by atoms with Crippen LogP contribution in [-0.2, 0) is 16.1 Å². The lowest BCUT2D eigenvalue weighted by atomic mass is 10.2. The van der Waals surface area contributed by atoms with Crippen molar-refractivity contribution in [3.63, 3.8) is 0 Å². The van der Waals surface area contributed by atoms with Crippen LogP contribution in [0.1, 0.15) is 12.1 Å². The Kier molecular flexibility index (Phi) is 4.71. The van der Waals surface area contributed by atoms with E-state index in [1.807, 2.05) is 42.5 Å². The molecule has 2 unspecified atom stereocenters. The van der Waals surface area contributed by atoms with Crippen LogP contribution in [0.5, 0.6) is 0 Å². The summed E-state index contributed by atoms with van der Waals surface area (Å²) in [5, 5.41) is 5.68. The summed E-state index contributed by atoms with van der Waals surface area (Å²) in [7, 11) is 0. The number of amides is 2. The first-order chi connectivity index (χ1) is 11.1. The van der Waals surface area contributed by atoms with Crippen LogP contribution in [0.4, 0.5) is 5.69 Å². The minimum atomic E-state index is -0.258. The highest BCUT2D eigenvalue weighted by atomic mass is 79.9. The van der Waals surface area contributed by atoms with Gasteiger partial charge in [0.1, 0.15) is 0 Å². The SMILES string of the molecule is O=C(NCc1ccccn1)C1CC1C(=O)Nc1ccccc1Br. The molecule has 1 heterocycles. The van der Waals surface area contributed by atoms with Gasteiger partial charge < -0.3 is 10.6 Å². The monoisotopic (exact) mass is 373 g/mol. The number of benzene rings is 1. The maximum Gasteiger partial charge on any atom is 0.228 e.